The Labute approximate surface area is 246 Å². The van der Waals surface area contributed by atoms with Crippen LogP contribution in [0.25, 0.3) is 10.8 Å². The second kappa shape index (κ2) is 11.8. The molecule has 3 fully saturated rings. The number of likely N-dealkylation sites (tertiary alicyclic amines) is 1. The molecule has 0 aromatic heterocycles. The van der Waals surface area contributed by atoms with Gasteiger partial charge in [0.15, 0.2) is 0 Å². The molecule has 7 nitrogen and oxygen atoms in total. The first kappa shape index (κ1) is 28.3. The maximum Gasteiger partial charge on any atom is 0.320 e. The number of piperidine rings is 1. The van der Waals surface area contributed by atoms with Gasteiger partial charge in [-0.1, -0.05) is 55.3 Å². The van der Waals surface area contributed by atoms with E-state index in [-0.39, 0.29) is 30.8 Å². The molecule has 6 rings (SSSR count). The van der Waals surface area contributed by atoms with E-state index in [0.29, 0.717) is 31.2 Å². The number of nitrogens with zero attached hydrogens (tertiary/aromatic N) is 2. The van der Waals surface area contributed by atoms with E-state index in [1.807, 2.05) is 47.9 Å². The molecule has 218 valence electrons. The molecule has 0 spiro atoms. The Hall–Kier alpha value is -2.84. The second-order valence-electron chi connectivity index (χ2n) is 12.0. The molecule has 1 saturated carbocycles. The Balaban J connectivity index is 1.43. The van der Waals surface area contributed by atoms with Gasteiger partial charge in [-0.3, -0.25) is 14.4 Å². The van der Waals surface area contributed by atoms with Gasteiger partial charge in [0.1, 0.15) is 5.41 Å². The third-order valence-electron chi connectivity index (χ3n) is 9.72. The van der Waals surface area contributed by atoms with Crippen LogP contribution in [0.3, 0.4) is 0 Å². The molecule has 41 heavy (non-hydrogen) atoms. The zero-order chi connectivity index (χ0) is 28.6. The molecule has 0 bridgehead atoms. The molecular weight excluding hydrogens is 536 g/mol. The SMILES string of the molecule is COC(=O)[C@]12C[C@H](CC(=O)N3CCSCC3)C(=O)N(Cc3cccc4ccccc34)C1=C[C@H](C1CCCC1)O[C@@H]2C. The maximum atomic E-state index is 14.4. The summed E-state index contributed by atoms with van der Waals surface area (Å²) in [6.45, 7) is 3.65. The number of benzene rings is 2. The normalized spacial score (nSPS) is 28.9. The summed E-state index contributed by atoms with van der Waals surface area (Å²) in [4.78, 5) is 45.4. The standard InChI is InChI=1S/C33H40N2O5S/c1-22-33(32(38)39-2)20-26(18-30(36)34-14-16-41-17-15-34)31(37)35(29(33)19-28(40-22)24-9-3-4-10-24)21-25-12-7-11-23-8-5-6-13-27(23)25/h5-8,11-13,19,22,24,26,28H,3-4,9-10,14-18,20-21H2,1-2H3/t22-,26+,28-,33+/m1/s1. The Morgan fingerprint density at radius 2 is 1.80 bits per heavy atom. The van der Waals surface area contributed by atoms with Crippen LogP contribution in [0.15, 0.2) is 54.2 Å². The largest absolute Gasteiger partial charge is 0.468 e. The van der Waals surface area contributed by atoms with Crippen molar-refractivity contribution in [3.8, 4) is 0 Å². The van der Waals surface area contributed by atoms with Gasteiger partial charge < -0.3 is 19.3 Å². The summed E-state index contributed by atoms with van der Waals surface area (Å²) in [5.74, 6) is 1.03. The van der Waals surface area contributed by atoms with Crippen molar-refractivity contribution in [3.63, 3.8) is 0 Å². The van der Waals surface area contributed by atoms with Crippen molar-refractivity contribution < 1.29 is 23.9 Å². The Morgan fingerprint density at radius 3 is 2.56 bits per heavy atom. The predicted octanol–water partition coefficient (Wildman–Crippen LogP) is 5.17. The van der Waals surface area contributed by atoms with Crippen LogP contribution in [0.5, 0.6) is 0 Å². The van der Waals surface area contributed by atoms with Crippen LogP contribution in [0.4, 0.5) is 0 Å². The van der Waals surface area contributed by atoms with Crippen molar-refractivity contribution >= 4 is 40.3 Å². The second-order valence-corrected chi connectivity index (χ2v) is 13.2. The van der Waals surface area contributed by atoms with Crippen LogP contribution in [0, 0.1) is 17.3 Å². The van der Waals surface area contributed by atoms with Crippen molar-refractivity contribution in [2.45, 2.75) is 64.2 Å². The Kier molecular flexibility index (Phi) is 8.14. The summed E-state index contributed by atoms with van der Waals surface area (Å²) in [5.41, 5.74) is 0.536. The van der Waals surface area contributed by atoms with Crippen LogP contribution in [-0.2, 0) is 30.4 Å². The smallest absolute Gasteiger partial charge is 0.320 e. The first-order valence-electron chi connectivity index (χ1n) is 15.0. The highest BCUT2D eigenvalue weighted by Gasteiger charge is 2.60. The molecule has 2 aromatic rings. The minimum absolute atomic E-state index is 0.0191. The average molecular weight is 577 g/mol. The van der Waals surface area contributed by atoms with Gasteiger partial charge in [0.05, 0.1) is 25.9 Å². The summed E-state index contributed by atoms with van der Waals surface area (Å²) < 4.78 is 12.1. The highest BCUT2D eigenvalue weighted by molar-refractivity contribution is 7.99. The number of fused-ring (bicyclic) bond motifs is 2. The molecule has 2 aromatic carbocycles. The first-order valence-corrected chi connectivity index (χ1v) is 16.2. The summed E-state index contributed by atoms with van der Waals surface area (Å²) in [6.07, 6.45) is 6.19. The number of esters is 1. The van der Waals surface area contributed by atoms with Crippen LogP contribution >= 0.6 is 11.8 Å². The number of thioether (sulfide) groups is 1. The highest BCUT2D eigenvalue weighted by atomic mass is 32.2. The van der Waals surface area contributed by atoms with Gasteiger partial charge in [0.25, 0.3) is 0 Å². The molecule has 3 aliphatic heterocycles. The van der Waals surface area contributed by atoms with Gasteiger partial charge >= 0.3 is 5.97 Å². The van der Waals surface area contributed by atoms with Gasteiger partial charge in [-0.05, 0) is 54.5 Å². The number of methoxy groups -OCH3 is 1. The molecule has 4 aliphatic rings. The van der Waals surface area contributed by atoms with Gasteiger partial charge in [-0.15, -0.1) is 0 Å². The fourth-order valence-corrected chi connectivity index (χ4v) is 8.37. The lowest BCUT2D eigenvalue weighted by Gasteiger charge is -2.52. The van der Waals surface area contributed by atoms with Gasteiger partial charge in [0.2, 0.25) is 11.8 Å². The maximum absolute atomic E-state index is 14.4. The van der Waals surface area contributed by atoms with E-state index in [9.17, 15) is 14.4 Å². The third kappa shape index (κ3) is 5.18. The molecule has 4 atom stereocenters. The molecule has 0 unspecified atom stereocenters. The molecule has 3 heterocycles. The van der Waals surface area contributed by atoms with Crippen molar-refractivity contribution in [3.05, 3.63) is 59.8 Å². The number of carbonyl (C=O) groups excluding carboxylic acids is 3. The minimum Gasteiger partial charge on any atom is -0.468 e. The molecule has 8 heteroatoms. The summed E-state index contributed by atoms with van der Waals surface area (Å²) in [6, 6.07) is 14.3. The minimum atomic E-state index is -1.16. The lowest BCUT2D eigenvalue weighted by molar-refractivity contribution is -0.178. The van der Waals surface area contributed by atoms with Crippen LogP contribution in [-0.4, -0.2) is 71.5 Å². The van der Waals surface area contributed by atoms with E-state index < -0.39 is 23.4 Å². The average Bonchev–Trinajstić information content (AvgIpc) is 3.55. The van der Waals surface area contributed by atoms with Gasteiger partial charge in [0, 0.05) is 42.6 Å². The lowest BCUT2D eigenvalue weighted by atomic mass is 9.66. The summed E-state index contributed by atoms with van der Waals surface area (Å²) >= 11 is 1.84. The summed E-state index contributed by atoms with van der Waals surface area (Å²) in [5, 5.41) is 2.17. The summed E-state index contributed by atoms with van der Waals surface area (Å²) in [7, 11) is 1.40. The third-order valence-corrected chi connectivity index (χ3v) is 10.7. The Morgan fingerprint density at radius 1 is 1.07 bits per heavy atom. The predicted molar refractivity (Wildman–Crippen MR) is 160 cm³/mol. The van der Waals surface area contributed by atoms with E-state index in [1.165, 1.54) is 20.0 Å². The molecule has 0 N–H and O–H groups in total. The van der Waals surface area contributed by atoms with Crippen molar-refractivity contribution in [1.82, 2.24) is 9.80 Å². The highest BCUT2D eigenvalue weighted by Crippen LogP contribution is 2.52. The van der Waals surface area contributed by atoms with E-state index in [0.717, 1.165) is 40.7 Å². The molecular formula is C33H40N2O5S. The number of rotatable bonds is 6. The van der Waals surface area contributed by atoms with E-state index in [2.05, 4.69) is 24.3 Å². The zero-order valence-corrected chi connectivity index (χ0v) is 24.9. The molecule has 0 radical (unpaired) electrons. The number of hydrogen-bond acceptors (Lipinski definition) is 6. The van der Waals surface area contributed by atoms with E-state index >= 15 is 0 Å². The van der Waals surface area contributed by atoms with Crippen LogP contribution in [0.1, 0.15) is 51.0 Å². The van der Waals surface area contributed by atoms with Crippen molar-refractivity contribution in [2.24, 2.45) is 17.3 Å². The molecule has 2 saturated heterocycles. The topological polar surface area (TPSA) is 76.2 Å². The van der Waals surface area contributed by atoms with Gasteiger partial charge in [-0.25, -0.2) is 0 Å². The zero-order valence-electron chi connectivity index (χ0n) is 24.1. The number of hydrogen-bond donors (Lipinski definition) is 0. The first-order chi connectivity index (χ1) is 19.9. The van der Waals surface area contributed by atoms with E-state index in [1.54, 1.807) is 4.90 Å². The number of amides is 2. The van der Waals surface area contributed by atoms with Crippen molar-refractivity contribution in [1.29, 1.82) is 0 Å². The van der Waals surface area contributed by atoms with E-state index in [4.69, 9.17) is 9.47 Å². The lowest BCUT2D eigenvalue weighted by Crippen LogP contribution is -2.60. The number of ether oxygens (including phenoxy) is 2. The van der Waals surface area contributed by atoms with Crippen LogP contribution in [0.2, 0.25) is 0 Å². The Bertz CT molecular complexity index is 1340. The fraction of sp³-hybridized carbons (Fsp3) is 0.545. The fourth-order valence-electron chi connectivity index (χ4n) is 7.47. The monoisotopic (exact) mass is 576 g/mol. The molecule has 1 aliphatic carbocycles. The van der Waals surface area contributed by atoms with Gasteiger partial charge in [-0.2, -0.15) is 11.8 Å². The molecule has 2 amide bonds. The quantitative estimate of drug-likeness (QED) is 0.442. The van der Waals surface area contributed by atoms with Crippen LogP contribution < -0.4 is 0 Å². The van der Waals surface area contributed by atoms with Crippen molar-refractivity contribution in [2.75, 3.05) is 31.7 Å². The number of carbonyl (C=O) groups is 3.